The highest BCUT2D eigenvalue weighted by atomic mass is 35.5. The molecule has 1 aromatic rings. The normalized spacial score (nSPS) is 22.3. The average molecular weight is 465 g/mol. The summed E-state index contributed by atoms with van der Waals surface area (Å²) < 4.78 is 4.92. The maximum atomic E-state index is 11.9. The van der Waals surface area contributed by atoms with Crippen LogP contribution in [0.2, 0.25) is 0 Å². The Balaban J connectivity index is 0.00000363. The van der Waals surface area contributed by atoms with Gasteiger partial charge in [0.25, 0.3) is 0 Å². The van der Waals surface area contributed by atoms with E-state index in [9.17, 15) is 4.79 Å². The molecule has 1 heterocycles. The van der Waals surface area contributed by atoms with Crippen LogP contribution < -0.4 is 4.90 Å². The van der Waals surface area contributed by atoms with E-state index < -0.39 is 0 Å². The van der Waals surface area contributed by atoms with E-state index in [0.717, 1.165) is 37.7 Å². The van der Waals surface area contributed by atoms with Gasteiger partial charge in [0.1, 0.15) is 0 Å². The number of carbonyl (C=O) groups is 1. The third kappa shape index (κ3) is 7.12. The van der Waals surface area contributed by atoms with Crippen molar-refractivity contribution in [1.29, 1.82) is 0 Å². The molecule has 3 rings (SSSR count). The first-order chi connectivity index (χ1) is 14.8. The summed E-state index contributed by atoms with van der Waals surface area (Å²) in [6, 6.07) is 6.76. The lowest BCUT2D eigenvalue weighted by Gasteiger charge is -2.40. The predicted molar refractivity (Wildman–Crippen MR) is 137 cm³/mol. The van der Waals surface area contributed by atoms with Gasteiger partial charge in [-0.25, -0.2) is 0 Å². The maximum Gasteiger partial charge on any atom is 0.309 e. The zero-order valence-corrected chi connectivity index (χ0v) is 21.8. The fraction of sp³-hybridized carbons (Fsp3) is 0.741. The van der Waals surface area contributed by atoms with E-state index in [1.165, 1.54) is 63.4 Å². The molecule has 2 aliphatic rings. The number of hydrogen-bond donors (Lipinski definition) is 0. The molecule has 5 heteroatoms. The zero-order valence-electron chi connectivity index (χ0n) is 21.0. The number of benzene rings is 1. The van der Waals surface area contributed by atoms with E-state index in [-0.39, 0.29) is 18.4 Å². The van der Waals surface area contributed by atoms with E-state index in [1.807, 2.05) is 0 Å². The van der Waals surface area contributed by atoms with E-state index in [1.54, 1.807) is 0 Å². The van der Waals surface area contributed by atoms with Crippen LogP contribution in [-0.4, -0.2) is 50.7 Å². The molecule has 0 unspecified atom stereocenters. The van der Waals surface area contributed by atoms with Gasteiger partial charge in [-0.15, -0.1) is 12.4 Å². The third-order valence-corrected chi connectivity index (χ3v) is 7.60. The molecule has 1 saturated heterocycles. The molecule has 0 radical (unpaired) electrons. The molecule has 1 aliphatic carbocycles. The Hall–Kier alpha value is -1.26. The molecule has 0 spiro atoms. The van der Waals surface area contributed by atoms with Crippen LogP contribution in [0.4, 0.5) is 5.69 Å². The summed E-state index contributed by atoms with van der Waals surface area (Å²) in [5.41, 5.74) is 4.36. The van der Waals surface area contributed by atoms with Crippen molar-refractivity contribution in [3.63, 3.8) is 0 Å². The zero-order chi connectivity index (χ0) is 22.4. The fourth-order valence-corrected chi connectivity index (χ4v) is 5.42. The topological polar surface area (TPSA) is 32.8 Å². The standard InChI is InChI=1S/C27H44N2O2.ClH/c1-6-7-14-28-15-17-29(18-16-28)25-19-21(20-26(30)31-5)8-13-24(25)22-9-11-23(12-10-22)27(2,3)4;/h8,13,19,22-23H,6-7,9-12,14-18,20H2,1-5H3;1H. The lowest BCUT2D eigenvalue weighted by molar-refractivity contribution is -0.139. The van der Waals surface area contributed by atoms with Gasteiger partial charge in [-0.2, -0.15) is 0 Å². The Labute approximate surface area is 202 Å². The third-order valence-electron chi connectivity index (χ3n) is 7.60. The van der Waals surface area contributed by atoms with Crippen LogP contribution in [0.1, 0.15) is 83.3 Å². The van der Waals surface area contributed by atoms with Crippen molar-refractivity contribution < 1.29 is 9.53 Å². The van der Waals surface area contributed by atoms with E-state index in [4.69, 9.17) is 4.74 Å². The lowest BCUT2D eigenvalue weighted by Crippen LogP contribution is -2.47. The van der Waals surface area contributed by atoms with Gasteiger partial charge < -0.3 is 9.64 Å². The van der Waals surface area contributed by atoms with Crippen LogP contribution >= 0.6 is 12.4 Å². The van der Waals surface area contributed by atoms with E-state index >= 15 is 0 Å². The van der Waals surface area contributed by atoms with Crippen molar-refractivity contribution >= 4 is 24.1 Å². The molecular weight excluding hydrogens is 420 g/mol. The first-order valence-corrected chi connectivity index (χ1v) is 12.5. The van der Waals surface area contributed by atoms with Crippen molar-refractivity contribution in [3.8, 4) is 0 Å². The van der Waals surface area contributed by atoms with E-state index in [2.05, 4.69) is 55.7 Å². The van der Waals surface area contributed by atoms with Crippen LogP contribution in [0.3, 0.4) is 0 Å². The highest BCUT2D eigenvalue weighted by Crippen LogP contribution is 2.45. The smallest absolute Gasteiger partial charge is 0.309 e. The van der Waals surface area contributed by atoms with Crippen molar-refractivity contribution in [2.75, 3.05) is 44.7 Å². The number of nitrogens with zero attached hydrogens (tertiary/aromatic N) is 2. The summed E-state index contributed by atoms with van der Waals surface area (Å²) >= 11 is 0. The largest absolute Gasteiger partial charge is 0.469 e. The monoisotopic (exact) mass is 464 g/mol. The second-order valence-electron chi connectivity index (χ2n) is 10.7. The van der Waals surface area contributed by atoms with Gasteiger partial charge in [0.05, 0.1) is 13.5 Å². The first kappa shape index (κ1) is 27.0. The quantitative estimate of drug-likeness (QED) is 0.458. The Morgan fingerprint density at radius 3 is 2.28 bits per heavy atom. The maximum absolute atomic E-state index is 11.9. The summed E-state index contributed by atoms with van der Waals surface area (Å²) in [4.78, 5) is 17.1. The summed E-state index contributed by atoms with van der Waals surface area (Å²) in [5.74, 6) is 1.31. The number of piperazine rings is 1. The van der Waals surface area contributed by atoms with Gasteiger partial charge >= 0.3 is 5.97 Å². The van der Waals surface area contributed by atoms with Gasteiger partial charge in [0.2, 0.25) is 0 Å². The summed E-state index contributed by atoms with van der Waals surface area (Å²) in [6.45, 7) is 15.1. The Morgan fingerprint density at radius 1 is 1.06 bits per heavy atom. The number of hydrogen-bond acceptors (Lipinski definition) is 4. The molecule has 32 heavy (non-hydrogen) atoms. The Bertz CT molecular complexity index is 715. The Morgan fingerprint density at radius 2 is 1.72 bits per heavy atom. The first-order valence-electron chi connectivity index (χ1n) is 12.5. The van der Waals surface area contributed by atoms with Crippen LogP contribution in [0.25, 0.3) is 0 Å². The molecule has 182 valence electrons. The van der Waals surface area contributed by atoms with Crippen LogP contribution in [0, 0.1) is 11.3 Å². The van der Waals surface area contributed by atoms with Gasteiger partial charge in [-0.1, -0.05) is 46.2 Å². The second-order valence-corrected chi connectivity index (χ2v) is 10.7. The Kier molecular flexibility index (Phi) is 10.4. The van der Waals surface area contributed by atoms with Crippen LogP contribution in [-0.2, 0) is 16.0 Å². The van der Waals surface area contributed by atoms with E-state index in [0.29, 0.717) is 17.8 Å². The summed E-state index contributed by atoms with van der Waals surface area (Å²) in [6.07, 6.45) is 8.11. The number of anilines is 1. The van der Waals surface area contributed by atoms with Crippen molar-refractivity contribution in [2.45, 2.75) is 78.6 Å². The van der Waals surface area contributed by atoms with Crippen molar-refractivity contribution in [1.82, 2.24) is 4.90 Å². The van der Waals surface area contributed by atoms with Gasteiger partial charge in [0, 0.05) is 31.9 Å². The SMILES string of the molecule is CCCCN1CCN(c2cc(CC(=O)OC)ccc2C2CCC(C(C)(C)C)CC2)CC1.Cl. The molecule has 1 saturated carbocycles. The number of carbonyl (C=O) groups excluding carboxylic acids is 1. The highest BCUT2D eigenvalue weighted by molar-refractivity contribution is 5.85. The highest BCUT2D eigenvalue weighted by Gasteiger charge is 2.32. The minimum absolute atomic E-state index is 0. The molecule has 4 nitrogen and oxygen atoms in total. The lowest BCUT2D eigenvalue weighted by atomic mass is 9.68. The number of ether oxygens (including phenoxy) is 1. The molecule has 1 aromatic carbocycles. The minimum Gasteiger partial charge on any atom is -0.469 e. The van der Waals surface area contributed by atoms with Crippen molar-refractivity contribution in [2.24, 2.45) is 11.3 Å². The molecule has 0 bridgehead atoms. The van der Waals surface area contributed by atoms with Gasteiger partial charge in [-0.3, -0.25) is 9.69 Å². The molecule has 0 aromatic heterocycles. The van der Waals surface area contributed by atoms with Crippen molar-refractivity contribution in [3.05, 3.63) is 29.3 Å². The summed E-state index contributed by atoms with van der Waals surface area (Å²) in [7, 11) is 1.47. The minimum atomic E-state index is -0.159. The number of esters is 1. The number of unbranched alkanes of at least 4 members (excludes halogenated alkanes) is 1. The molecular formula is C27H45ClN2O2. The average Bonchev–Trinajstić information content (AvgIpc) is 2.77. The fourth-order valence-electron chi connectivity index (χ4n) is 5.42. The van der Waals surface area contributed by atoms with Gasteiger partial charge in [0.15, 0.2) is 0 Å². The molecule has 2 fully saturated rings. The van der Waals surface area contributed by atoms with Crippen LogP contribution in [0.5, 0.6) is 0 Å². The molecule has 0 amide bonds. The molecule has 0 N–H and O–H groups in total. The number of rotatable bonds is 7. The molecule has 1 aliphatic heterocycles. The van der Waals surface area contributed by atoms with Gasteiger partial charge in [-0.05, 0) is 73.1 Å². The predicted octanol–water partition coefficient (Wildman–Crippen LogP) is 6.07. The van der Waals surface area contributed by atoms with Crippen LogP contribution in [0.15, 0.2) is 18.2 Å². The molecule has 0 atom stereocenters. The summed E-state index contributed by atoms with van der Waals surface area (Å²) in [5, 5.41) is 0. The second kappa shape index (κ2) is 12.3. The number of methoxy groups -OCH3 is 1. The number of halogens is 1.